The van der Waals surface area contributed by atoms with Crippen molar-refractivity contribution >= 4 is 17.8 Å². The van der Waals surface area contributed by atoms with Crippen LogP contribution in [0.4, 0.5) is 0 Å². The van der Waals surface area contributed by atoms with Crippen molar-refractivity contribution in [3.8, 4) is 0 Å². The van der Waals surface area contributed by atoms with Crippen LogP contribution >= 0.6 is 11.8 Å². The van der Waals surface area contributed by atoms with Gasteiger partial charge in [0.05, 0.1) is 12.6 Å². The maximum Gasteiger partial charge on any atom is 0.209 e. The molecule has 1 saturated heterocycles. The second-order valence-corrected chi connectivity index (χ2v) is 5.89. The number of nitrogens with zero attached hydrogens (tertiary/aromatic N) is 4. The van der Waals surface area contributed by atoms with E-state index in [0.717, 1.165) is 36.9 Å². The molecule has 1 fully saturated rings. The summed E-state index contributed by atoms with van der Waals surface area (Å²) < 4.78 is 7.47. The van der Waals surface area contributed by atoms with Crippen molar-refractivity contribution < 1.29 is 4.74 Å². The third kappa shape index (κ3) is 4.15. The van der Waals surface area contributed by atoms with Crippen LogP contribution < -0.4 is 0 Å². The molecule has 1 atom stereocenters. The summed E-state index contributed by atoms with van der Waals surface area (Å²) >= 11 is 1.64. The number of hydrogen-bond acceptors (Lipinski definition) is 5. The Morgan fingerprint density at radius 2 is 2.24 bits per heavy atom. The van der Waals surface area contributed by atoms with Crippen LogP contribution in [0.5, 0.6) is 0 Å². The second kappa shape index (κ2) is 7.38. The van der Waals surface area contributed by atoms with Crippen LogP contribution in [0.1, 0.15) is 18.4 Å². The third-order valence-electron chi connectivity index (χ3n) is 3.32. The van der Waals surface area contributed by atoms with E-state index in [1.165, 1.54) is 5.56 Å². The van der Waals surface area contributed by atoms with E-state index in [4.69, 9.17) is 4.74 Å². The van der Waals surface area contributed by atoms with Crippen molar-refractivity contribution in [3.05, 3.63) is 42.0 Å². The van der Waals surface area contributed by atoms with Gasteiger partial charge in [-0.15, -0.1) is 5.10 Å². The summed E-state index contributed by atoms with van der Waals surface area (Å²) in [6, 6.07) is 10.3. The maximum atomic E-state index is 5.63. The standard InChI is InChI=1S/C15H18N4OS/c1-2-6-13(7-3-1)8-5-11-21-15-16-17-18-19(15)12-14-9-4-10-20-14/h1-3,5-8,14H,4,9-12H2/b8-5-/t14-/m1/s1. The number of rotatable bonds is 6. The van der Waals surface area contributed by atoms with Crippen LogP contribution in [0.25, 0.3) is 6.08 Å². The molecule has 110 valence electrons. The first-order chi connectivity index (χ1) is 10.4. The number of hydrogen-bond donors (Lipinski definition) is 0. The molecule has 0 radical (unpaired) electrons. The first kappa shape index (κ1) is 14.3. The molecule has 2 heterocycles. The fourth-order valence-electron chi connectivity index (χ4n) is 2.27. The molecule has 21 heavy (non-hydrogen) atoms. The summed E-state index contributed by atoms with van der Waals surface area (Å²) in [5.41, 5.74) is 1.21. The lowest BCUT2D eigenvalue weighted by Crippen LogP contribution is -2.16. The van der Waals surface area contributed by atoms with Gasteiger partial charge in [0, 0.05) is 12.4 Å². The first-order valence-corrected chi connectivity index (χ1v) is 8.12. The summed E-state index contributed by atoms with van der Waals surface area (Å²) in [7, 11) is 0. The van der Waals surface area contributed by atoms with Crippen LogP contribution in [0.15, 0.2) is 41.6 Å². The number of aromatic nitrogens is 4. The largest absolute Gasteiger partial charge is 0.376 e. The molecular weight excluding hydrogens is 284 g/mol. The van der Waals surface area contributed by atoms with E-state index in [1.54, 1.807) is 11.8 Å². The fourth-order valence-corrected chi connectivity index (χ4v) is 2.96. The van der Waals surface area contributed by atoms with Crippen molar-refractivity contribution in [1.29, 1.82) is 0 Å². The number of benzene rings is 1. The molecule has 1 aromatic carbocycles. The van der Waals surface area contributed by atoms with Gasteiger partial charge in [-0.3, -0.25) is 0 Å². The monoisotopic (exact) mass is 302 g/mol. The molecule has 2 aromatic rings. The minimum absolute atomic E-state index is 0.257. The number of thioether (sulfide) groups is 1. The summed E-state index contributed by atoms with van der Waals surface area (Å²) in [6.45, 7) is 1.60. The van der Waals surface area contributed by atoms with Gasteiger partial charge in [0.25, 0.3) is 0 Å². The molecule has 1 aromatic heterocycles. The molecule has 3 rings (SSSR count). The van der Waals surface area contributed by atoms with Crippen molar-refractivity contribution in [3.63, 3.8) is 0 Å². The average Bonchev–Trinajstić information content (AvgIpc) is 3.18. The van der Waals surface area contributed by atoms with Crippen molar-refractivity contribution in [1.82, 2.24) is 20.2 Å². The maximum absolute atomic E-state index is 5.63. The van der Waals surface area contributed by atoms with Crippen molar-refractivity contribution in [2.24, 2.45) is 0 Å². The second-order valence-electron chi connectivity index (χ2n) is 4.90. The highest BCUT2D eigenvalue weighted by molar-refractivity contribution is 7.99. The minimum atomic E-state index is 0.257. The highest BCUT2D eigenvalue weighted by atomic mass is 32.2. The Bertz CT molecular complexity index is 578. The van der Waals surface area contributed by atoms with Gasteiger partial charge in [-0.05, 0) is 28.8 Å². The van der Waals surface area contributed by atoms with E-state index in [0.29, 0.717) is 0 Å². The highest BCUT2D eigenvalue weighted by Gasteiger charge is 2.18. The zero-order chi connectivity index (χ0) is 14.3. The van der Waals surface area contributed by atoms with Crippen LogP contribution in [-0.4, -0.2) is 38.7 Å². The van der Waals surface area contributed by atoms with Gasteiger partial charge in [-0.2, -0.15) is 0 Å². The smallest absolute Gasteiger partial charge is 0.209 e. The van der Waals surface area contributed by atoms with E-state index >= 15 is 0 Å². The lowest BCUT2D eigenvalue weighted by atomic mass is 10.2. The molecule has 5 nitrogen and oxygen atoms in total. The Hall–Kier alpha value is -1.66. The van der Waals surface area contributed by atoms with Gasteiger partial charge < -0.3 is 4.74 Å². The van der Waals surface area contributed by atoms with Gasteiger partial charge in [0.2, 0.25) is 5.16 Å². The third-order valence-corrected chi connectivity index (χ3v) is 4.23. The van der Waals surface area contributed by atoms with Gasteiger partial charge in [-0.1, -0.05) is 54.2 Å². The quantitative estimate of drug-likeness (QED) is 0.768. The van der Waals surface area contributed by atoms with E-state index in [2.05, 4.69) is 39.8 Å². The van der Waals surface area contributed by atoms with Gasteiger partial charge in [0.15, 0.2) is 0 Å². The predicted octanol–water partition coefficient (Wildman–Crippen LogP) is 2.66. The predicted molar refractivity (Wildman–Crippen MR) is 83.0 cm³/mol. The molecular formula is C15H18N4OS. The molecule has 0 bridgehead atoms. The molecule has 1 aliphatic heterocycles. The van der Waals surface area contributed by atoms with Gasteiger partial charge in [0.1, 0.15) is 0 Å². The molecule has 0 saturated carbocycles. The first-order valence-electron chi connectivity index (χ1n) is 7.14. The Morgan fingerprint density at radius 1 is 1.33 bits per heavy atom. The SMILES string of the molecule is C(=C/c1ccccc1)/CSc1nnnn1C[C@H]1CCCO1. The summed E-state index contributed by atoms with van der Waals surface area (Å²) in [6.07, 6.45) is 6.73. The highest BCUT2D eigenvalue weighted by Crippen LogP contribution is 2.18. The fraction of sp³-hybridized carbons (Fsp3) is 0.400. The number of ether oxygens (including phenoxy) is 1. The van der Waals surface area contributed by atoms with Crippen LogP contribution in [0, 0.1) is 0 Å². The van der Waals surface area contributed by atoms with Crippen LogP contribution in [0.3, 0.4) is 0 Å². The van der Waals surface area contributed by atoms with E-state index < -0.39 is 0 Å². The summed E-state index contributed by atoms with van der Waals surface area (Å²) in [4.78, 5) is 0. The molecule has 0 aliphatic carbocycles. The number of tetrazole rings is 1. The summed E-state index contributed by atoms with van der Waals surface area (Å²) in [5, 5.41) is 12.7. The molecule has 0 unspecified atom stereocenters. The Labute approximate surface area is 128 Å². The molecule has 1 aliphatic rings. The molecule has 0 amide bonds. The van der Waals surface area contributed by atoms with E-state index in [1.807, 2.05) is 22.9 Å². The van der Waals surface area contributed by atoms with Crippen LogP contribution in [0.2, 0.25) is 0 Å². The Kier molecular flexibility index (Phi) is 5.02. The molecule has 0 N–H and O–H groups in total. The van der Waals surface area contributed by atoms with Crippen LogP contribution in [-0.2, 0) is 11.3 Å². The van der Waals surface area contributed by atoms with E-state index in [-0.39, 0.29) is 6.10 Å². The molecule has 6 heteroatoms. The summed E-state index contributed by atoms with van der Waals surface area (Å²) in [5.74, 6) is 0.848. The zero-order valence-corrected chi connectivity index (χ0v) is 12.6. The van der Waals surface area contributed by atoms with Gasteiger partial charge >= 0.3 is 0 Å². The normalized spacial score (nSPS) is 18.6. The zero-order valence-electron chi connectivity index (χ0n) is 11.8. The average molecular weight is 302 g/mol. The lowest BCUT2D eigenvalue weighted by Gasteiger charge is -2.09. The molecule has 0 spiro atoms. The minimum Gasteiger partial charge on any atom is -0.376 e. The Morgan fingerprint density at radius 3 is 3.05 bits per heavy atom. The van der Waals surface area contributed by atoms with Crippen molar-refractivity contribution in [2.45, 2.75) is 30.6 Å². The topological polar surface area (TPSA) is 52.8 Å². The van der Waals surface area contributed by atoms with Crippen molar-refractivity contribution in [2.75, 3.05) is 12.4 Å². The Balaban J connectivity index is 1.51. The van der Waals surface area contributed by atoms with Gasteiger partial charge in [-0.25, -0.2) is 4.68 Å². The van der Waals surface area contributed by atoms with E-state index in [9.17, 15) is 0 Å². The lowest BCUT2D eigenvalue weighted by molar-refractivity contribution is 0.0912.